The van der Waals surface area contributed by atoms with Crippen LogP contribution in [0.3, 0.4) is 0 Å². The summed E-state index contributed by atoms with van der Waals surface area (Å²) in [6.07, 6.45) is 0.577. The molecule has 1 atom stereocenters. The predicted molar refractivity (Wildman–Crippen MR) is 63.2 cm³/mol. The number of amides is 1. The quantitative estimate of drug-likeness (QED) is 0.858. The minimum Gasteiger partial charge on any atom is -0.378 e. The van der Waals surface area contributed by atoms with Crippen molar-refractivity contribution in [3.8, 4) is 0 Å². The van der Waals surface area contributed by atoms with Crippen molar-refractivity contribution >= 4 is 34.4 Å². The van der Waals surface area contributed by atoms with Gasteiger partial charge in [-0.25, -0.2) is 0 Å². The first kappa shape index (κ1) is 10.5. The van der Waals surface area contributed by atoms with Gasteiger partial charge in [0.1, 0.15) is 0 Å². The summed E-state index contributed by atoms with van der Waals surface area (Å²) in [5.41, 5.74) is 6.42. The number of rotatable bonds is 2. The molecule has 78 valence electrons. The lowest BCUT2D eigenvalue weighted by atomic mass is 10.1. The van der Waals surface area contributed by atoms with Crippen LogP contribution in [0.15, 0.2) is 29.3 Å². The van der Waals surface area contributed by atoms with Gasteiger partial charge in [-0.05, 0) is 18.1 Å². The van der Waals surface area contributed by atoms with E-state index in [0.29, 0.717) is 16.6 Å². The van der Waals surface area contributed by atoms with Crippen LogP contribution >= 0.6 is 23.4 Å². The van der Waals surface area contributed by atoms with E-state index in [1.165, 1.54) is 11.8 Å². The van der Waals surface area contributed by atoms with Crippen molar-refractivity contribution in [1.29, 1.82) is 0 Å². The topological polar surface area (TPSA) is 55.4 Å². The van der Waals surface area contributed by atoms with E-state index < -0.39 is 0 Å². The van der Waals surface area contributed by atoms with Crippen molar-refractivity contribution < 1.29 is 4.79 Å². The fraction of sp³-hybridized carbons (Fsp3) is 0.200. The molecule has 0 saturated heterocycles. The van der Waals surface area contributed by atoms with Crippen LogP contribution in [0, 0.1) is 0 Å². The van der Waals surface area contributed by atoms with Crippen LogP contribution in [0.2, 0.25) is 5.02 Å². The number of amidine groups is 1. The van der Waals surface area contributed by atoms with Crippen LogP contribution in [-0.2, 0) is 11.2 Å². The summed E-state index contributed by atoms with van der Waals surface area (Å²) in [6, 6.07) is 7.48. The van der Waals surface area contributed by atoms with E-state index in [9.17, 15) is 4.79 Å². The van der Waals surface area contributed by atoms with Crippen molar-refractivity contribution in [1.82, 2.24) is 0 Å². The summed E-state index contributed by atoms with van der Waals surface area (Å²) in [7, 11) is 0. The van der Waals surface area contributed by atoms with Crippen molar-refractivity contribution in [3.05, 3.63) is 34.9 Å². The highest BCUT2D eigenvalue weighted by Crippen LogP contribution is 2.26. The van der Waals surface area contributed by atoms with E-state index in [-0.39, 0.29) is 11.2 Å². The number of nitrogens with two attached hydrogens (primary N) is 1. The minimum absolute atomic E-state index is 0.169. The molecular weight excluding hydrogens is 232 g/mol. The van der Waals surface area contributed by atoms with Gasteiger partial charge in [-0.15, -0.1) is 0 Å². The number of carbonyl (C=O) groups excluding carboxylic acids is 1. The Morgan fingerprint density at radius 2 is 2.20 bits per heavy atom. The maximum atomic E-state index is 11.4. The van der Waals surface area contributed by atoms with Gasteiger partial charge >= 0.3 is 0 Å². The Labute approximate surface area is 96.7 Å². The second kappa shape index (κ2) is 4.24. The first-order valence-corrected chi connectivity index (χ1v) is 5.70. The number of hydrogen-bond acceptors (Lipinski definition) is 3. The lowest BCUT2D eigenvalue weighted by molar-refractivity contribution is -0.117. The van der Waals surface area contributed by atoms with Crippen molar-refractivity contribution in [2.24, 2.45) is 10.7 Å². The molecule has 1 aromatic rings. The predicted octanol–water partition coefficient (Wildman–Crippen LogP) is 1.84. The largest absolute Gasteiger partial charge is 0.378 e. The summed E-state index contributed by atoms with van der Waals surface area (Å²) < 4.78 is 0. The average Bonchev–Trinajstić information content (AvgIpc) is 2.49. The van der Waals surface area contributed by atoms with E-state index in [2.05, 4.69) is 4.99 Å². The smallest absolute Gasteiger partial charge is 0.261 e. The van der Waals surface area contributed by atoms with Crippen LogP contribution in [-0.4, -0.2) is 16.3 Å². The molecule has 1 aromatic carbocycles. The molecule has 15 heavy (non-hydrogen) atoms. The molecule has 0 bridgehead atoms. The zero-order chi connectivity index (χ0) is 10.8. The molecule has 3 nitrogen and oxygen atoms in total. The van der Waals surface area contributed by atoms with Gasteiger partial charge in [-0.2, -0.15) is 4.99 Å². The summed E-state index contributed by atoms with van der Waals surface area (Å²) in [4.78, 5) is 15.0. The van der Waals surface area contributed by atoms with E-state index in [4.69, 9.17) is 17.3 Å². The first-order chi connectivity index (χ1) is 7.16. The van der Waals surface area contributed by atoms with Crippen molar-refractivity contribution in [2.45, 2.75) is 11.7 Å². The molecule has 0 spiro atoms. The third-order valence-corrected chi connectivity index (χ3v) is 3.48. The van der Waals surface area contributed by atoms with Gasteiger partial charge in [0, 0.05) is 5.02 Å². The standard InChI is InChI=1S/C10H9ClN2OS/c11-7-4-2-1-3-6(7)5-8-9(14)13-10(12)15-8/h1-4,8H,5H2,(H2,12,13,14)/t8-/m1/s1. The Kier molecular flexibility index (Phi) is 2.98. The molecule has 0 saturated carbocycles. The first-order valence-electron chi connectivity index (χ1n) is 4.45. The second-order valence-electron chi connectivity index (χ2n) is 3.19. The SMILES string of the molecule is NC1=NC(=O)[C@@H](Cc2ccccc2Cl)S1. The normalized spacial score (nSPS) is 20.5. The summed E-state index contributed by atoms with van der Waals surface area (Å²) >= 11 is 7.29. The van der Waals surface area contributed by atoms with E-state index in [1.54, 1.807) is 0 Å². The molecule has 0 radical (unpaired) electrons. The number of carbonyl (C=O) groups is 1. The molecule has 1 aliphatic rings. The fourth-order valence-electron chi connectivity index (χ4n) is 1.40. The Hall–Kier alpha value is -1.000. The van der Waals surface area contributed by atoms with Gasteiger partial charge in [0.05, 0.1) is 5.25 Å². The molecule has 0 aliphatic carbocycles. The van der Waals surface area contributed by atoms with Crippen LogP contribution in [0.25, 0.3) is 0 Å². The molecule has 1 aliphatic heterocycles. The van der Waals surface area contributed by atoms with Crippen LogP contribution < -0.4 is 5.73 Å². The van der Waals surface area contributed by atoms with Crippen molar-refractivity contribution in [3.63, 3.8) is 0 Å². The monoisotopic (exact) mass is 240 g/mol. The lowest BCUT2D eigenvalue weighted by Gasteiger charge is -2.07. The van der Waals surface area contributed by atoms with E-state index in [0.717, 1.165) is 5.56 Å². The molecule has 0 unspecified atom stereocenters. The van der Waals surface area contributed by atoms with Crippen LogP contribution in [0.1, 0.15) is 5.56 Å². The fourth-order valence-corrected chi connectivity index (χ4v) is 2.46. The molecule has 0 aromatic heterocycles. The zero-order valence-electron chi connectivity index (χ0n) is 7.81. The van der Waals surface area contributed by atoms with Gasteiger partial charge in [-0.3, -0.25) is 4.79 Å². The number of benzene rings is 1. The van der Waals surface area contributed by atoms with Crippen LogP contribution in [0.5, 0.6) is 0 Å². The van der Waals surface area contributed by atoms with Gasteiger partial charge in [0.2, 0.25) is 0 Å². The second-order valence-corrected chi connectivity index (χ2v) is 4.82. The number of nitrogens with zero attached hydrogens (tertiary/aromatic N) is 1. The molecule has 2 rings (SSSR count). The molecule has 0 fully saturated rings. The highest BCUT2D eigenvalue weighted by molar-refractivity contribution is 8.15. The molecule has 1 amide bonds. The number of aliphatic imine (C=N–C) groups is 1. The summed E-state index contributed by atoms with van der Waals surface area (Å²) in [6.45, 7) is 0. The summed E-state index contributed by atoms with van der Waals surface area (Å²) in [5, 5.41) is 0.804. The maximum absolute atomic E-state index is 11.4. The number of hydrogen-bond donors (Lipinski definition) is 1. The molecule has 1 heterocycles. The van der Waals surface area contributed by atoms with Crippen LogP contribution in [0.4, 0.5) is 0 Å². The van der Waals surface area contributed by atoms with Gasteiger partial charge < -0.3 is 5.73 Å². The molecule has 2 N–H and O–H groups in total. The number of thioether (sulfide) groups is 1. The van der Waals surface area contributed by atoms with Gasteiger partial charge in [0.25, 0.3) is 5.91 Å². The number of halogens is 1. The van der Waals surface area contributed by atoms with E-state index in [1.807, 2.05) is 24.3 Å². The Morgan fingerprint density at radius 3 is 2.80 bits per heavy atom. The highest BCUT2D eigenvalue weighted by Gasteiger charge is 2.27. The van der Waals surface area contributed by atoms with E-state index >= 15 is 0 Å². The van der Waals surface area contributed by atoms with Gasteiger partial charge in [0.15, 0.2) is 5.17 Å². The Morgan fingerprint density at radius 1 is 1.47 bits per heavy atom. The Bertz CT molecular complexity index is 433. The van der Waals surface area contributed by atoms with Gasteiger partial charge in [-0.1, -0.05) is 41.6 Å². The maximum Gasteiger partial charge on any atom is 0.261 e. The summed E-state index contributed by atoms with van der Waals surface area (Å²) in [5.74, 6) is -0.169. The minimum atomic E-state index is -0.218. The molecule has 5 heteroatoms. The van der Waals surface area contributed by atoms with Crippen molar-refractivity contribution in [2.75, 3.05) is 0 Å². The average molecular weight is 241 g/mol. The highest BCUT2D eigenvalue weighted by atomic mass is 35.5. The molecular formula is C10H9ClN2OS. The third-order valence-electron chi connectivity index (χ3n) is 2.12. The zero-order valence-corrected chi connectivity index (χ0v) is 9.39. The third kappa shape index (κ3) is 2.33. The lowest BCUT2D eigenvalue weighted by Crippen LogP contribution is -2.14. The Balaban J connectivity index is 2.11.